The van der Waals surface area contributed by atoms with Gasteiger partial charge in [0.25, 0.3) is 0 Å². The van der Waals surface area contributed by atoms with Gasteiger partial charge in [0, 0.05) is 11.6 Å². The molecule has 3 rings (SSSR count). The van der Waals surface area contributed by atoms with E-state index in [1.165, 1.54) is 69.9 Å². The lowest BCUT2D eigenvalue weighted by Gasteiger charge is -2.43. The van der Waals surface area contributed by atoms with Crippen molar-refractivity contribution in [3.8, 4) is 0 Å². The molecule has 0 amide bonds. The molecule has 0 heterocycles. The molecule has 1 nitrogen and oxygen atoms in total. The Kier molecular flexibility index (Phi) is 6.63. The van der Waals surface area contributed by atoms with Crippen LogP contribution in [0.1, 0.15) is 56.9 Å². The maximum Gasteiger partial charge on any atom is 0.0406 e. The number of halogens is 1. The lowest BCUT2D eigenvalue weighted by molar-refractivity contribution is 0.0800. The number of benzene rings is 1. The van der Waals surface area contributed by atoms with Crippen molar-refractivity contribution in [3.05, 3.63) is 34.9 Å². The van der Waals surface area contributed by atoms with E-state index in [2.05, 4.69) is 31.1 Å². The molecule has 0 saturated heterocycles. The van der Waals surface area contributed by atoms with E-state index in [4.69, 9.17) is 11.6 Å². The summed E-state index contributed by atoms with van der Waals surface area (Å²) in [6.07, 6.45) is 13.0. The van der Waals surface area contributed by atoms with Crippen LogP contribution in [0.2, 0.25) is 5.02 Å². The summed E-state index contributed by atoms with van der Waals surface area (Å²) in [6.45, 7) is 1.28. The third kappa shape index (κ3) is 4.99. The van der Waals surface area contributed by atoms with E-state index in [-0.39, 0.29) is 0 Å². The highest BCUT2D eigenvalue weighted by atomic mass is 35.5. The second kappa shape index (κ2) is 8.72. The average molecular weight is 348 g/mol. The maximum atomic E-state index is 6.03. The number of nitrogens with zero attached hydrogens (tertiary/aromatic N) is 1. The van der Waals surface area contributed by atoms with Gasteiger partial charge < -0.3 is 4.90 Å². The van der Waals surface area contributed by atoms with Crippen LogP contribution in [0.15, 0.2) is 24.3 Å². The Bertz CT molecular complexity index is 489. The topological polar surface area (TPSA) is 3.24 Å². The molecule has 0 aliphatic heterocycles. The summed E-state index contributed by atoms with van der Waals surface area (Å²) in [7, 11) is 4.50. The van der Waals surface area contributed by atoms with E-state index in [1.807, 2.05) is 12.1 Å². The summed E-state index contributed by atoms with van der Waals surface area (Å²) >= 11 is 6.03. The Morgan fingerprint density at radius 3 is 2.33 bits per heavy atom. The van der Waals surface area contributed by atoms with Crippen LogP contribution in [-0.4, -0.2) is 25.5 Å². The predicted octanol–water partition coefficient (Wildman–Crippen LogP) is 6.06. The van der Waals surface area contributed by atoms with Gasteiger partial charge in [0.2, 0.25) is 0 Å². The molecule has 1 aromatic rings. The Balaban J connectivity index is 1.62. The van der Waals surface area contributed by atoms with Crippen molar-refractivity contribution in [2.75, 3.05) is 20.6 Å². The monoisotopic (exact) mass is 347 g/mol. The van der Waals surface area contributed by atoms with Crippen LogP contribution in [0.25, 0.3) is 0 Å². The van der Waals surface area contributed by atoms with Crippen LogP contribution >= 0.6 is 11.6 Å². The van der Waals surface area contributed by atoms with E-state index in [0.29, 0.717) is 0 Å². The van der Waals surface area contributed by atoms with Crippen molar-refractivity contribution in [3.63, 3.8) is 0 Å². The van der Waals surface area contributed by atoms with Gasteiger partial charge in [0.15, 0.2) is 0 Å². The smallest absolute Gasteiger partial charge is 0.0406 e. The zero-order valence-electron chi connectivity index (χ0n) is 15.5. The van der Waals surface area contributed by atoms with Crippen molar-refractivity contribution >= 4 is 11.6 Å². The molecule has 2 aliphatic carbocycles. The van der Waals surface area contributed by atoms with E-state index in [0.717, 1.165) is 28.7 Å². The molecular weight excluding hydrogens is 314 g/mol. The predicted molar refractivity (Wildman–Crippen MR) is 105 cm³/mol. The minimum Gasteiger partial charge on any atom is -0.309 e. The highest BCUT2D eigenvalue weighted by molar-refractivity contribution is 6.30. The Morgan fingerprint density at radius 1 is 0.958 bits per heavy atom. The Morgan fingerprint density at radius 2 is 1.67 bits per heavy atom. The van der Waals surface area contributed by atoms with E-state index < -0.39 is 0 Å². The molecule has 24 heavy (non-hydrogen) atoms. The molecular formula is C22H34ClN. The summed E-state index contributed by atoms with van der Waals surface area (Å²) in [5.41, 5.74) is 1.46. The molecule has 3 atom stereocenters. The molecule has 0 aromatic heterocycles. The molecule has 134 valence electrons. The molecule has 2 fully saturated rings. The van der Waals surface area contributed by atoms with Gasteiger partial charge in [-0.1, -0.05) is 55.8 Å². The quantitative estimate of drug-likeness (QED) is 0.626. The van der Waals surface area contributed by atoms with Crippen LogP contribution in [0.5, 0.6) is 0 Å². The van der Waals surface area contributed by atoms with E-state index in [9.17, 15) is 0 Å². The summed E-state index contributed by atoms with van der Waals surface area (Å²) in [5.74, 6) is 3.75. The molecule has 2 heteroatoms. The highest BCUT2D eigenvalue weighted by Crippen LogP contribution is 2.44. The van der Waals surface area contributed by atoms with Crippen molar-refractivity contribution in [2.24, 2.45) is 23.7 Å². The zero-order valence-corrected chi connectivity index (χ0v) is 16.3. The Labute approximate surface area is 153 Å². The molecule has 0 spiro atoms. The normalized spacial score (nSPS) is 29.1. The third-order valence-corrected chi connectivity index (χ3v) is 6.69. The largest absolute Gasteiger partial charge is 0.309 e. The van der Waals surface area contributed by atoms with Crippen molar-refractivity contribution < 1.29 is 0 Å². The minimum absolute atomic E-state index is 0.852. The van der Waals surface area contributed by atoms with Gasteiger partial charge in [-0.3, -0.25) is 0 Å². The fourth-order valence-electron chi connectivity index (χ4n) is 5.39. The second-order valence-corrected chi connectivity index (χ2v) is 9.03. The number of hydrogen-bond acceptors (Lipinski definition) is 1. The number of hydrogen-bond donors (Lipinski definition) is 0. The third-order valence-electron chi connectivity index (χ3n) is 6.44. The highest BCUT2D eigenvalue weighted by Gasteiger charge is 2.35. The summed E-state index contributed by atoms with van der Waals surface area (Å²) < 4.78 is 0. The standard InChI is InChI=1S/C22H34ClN/c1-24(2)16-20-15-18(14-17-8-11-21(23)12-9-17)10-13-22(20)19-6-4-3-5-7-19/h8-9,11-12,18-20,22H,3-7,10,13-16H2,1-2H3. The van der Waals surface area contributed by atoms with Crippen LogP contribution in [0, 0.1) is 23.7 Å². The lowest BCUT2D eigenvalue weighted by Crippen LogP contribution is -2.37. The van der Waals surface area contributed by atoms with Gasteiger partial charge in [-0.15, -0.1) is 0 Å². The Hall–Kier alpha value is -0.530. The van der Waals surface area contributed by atoms with Crippen LogP contribution in [-0.2, 0) is 6.42 Å². The first-order valence-electron chi connectivity index (χ1n) is 10.0. The van der Waals surface area contributed by atoms with Gasteiger partial charge in [-0.05, 0) is 81.1 Å². The maximum absolute atomic E-state index is 6.03. The van der Waals surface area contributed by atoms with Crippen LogP contribution < -0.4 is 0 Å². The molecule has 2 aliphatic rings. The SMILES string of the molecule is CN(C)CC1CC(Cc2ccc(Cl)cc2)CCC1C1CCCCC1. The van der Waals surface area contributed by atoms with Gasteiger partial charge in [-0.25, -0.2) is 0 Å². The van der Waals surface area contributed by atoms with Gasteiger partial charge >= 0.3 is 0 Å². The van der Waals surface area contributed by atoms with E-state index in [1.54, 1.807) is 0 Å². The van der Waals surface area contributed by atoms with E-state index >= 15 is 0 Å². The zero-order chi connectivity index (χ0) is 16.9. The lowest BCUT2D eigenvalue weighted by atomic mass is 9.64. The fourth-order valence-corrected chi connectivity index (χ4v) is 5.51. The molecule has 0 radical (unpaired) electrons. The van der Waals surface area contributed by atoms with Crippen molar-refractivity contribution in [1.82, 2.24) is 4.90 Å². The first-order chi connectivity index (χ1) is 11.6. The van der Waals surface area contributed by atoms with Gasteiger partial charge in [-0.2, -0.15) is 0 Å². The first kappa shape index (κ1) is 18.3. The summed E-state index contributed by atoms with van der Waals surface area (Å²) in [6, 6.07) is 8.52. The second-order valence-electron chi connectivity index (χ2n) is 8.59. The summed E-state index contributed by atoms with van der Waals surface area (Å²) in [4.78, 5) is 2.42. The summed E-state index contributed by atoms with van der Waals surface area (Å²) in [5, 5.41) is 0.852. The van der Waals surface area contributed by atoms with Crippen molar-refractivity contribution in [2.45, 2.75) is 57.8 Å². The first-order valence-corrected chi connectivity index (χ1v) is 10.4. The molecule has 0 bridgehead atoms. The average Bonchev–Trinajstić information content (AvgIpc) is 2.57. The van der Waals surface area contributed by atoms with Crippen LogP contribution in [0.3, 0.4) is 0 Å². The molecule has 0 N–H and O–H groups in total. The molecule has 3 unspecified atom stereocenters. The minimum atomic E-state index is 0.852. The van der Waals surface area contributed by atoms with Gasteiger partial charge in [0.1, 0.15) is 0 Å². The fraction of sp³-hybridized carbons (Fsp3) is 0.727. The molecule has 1 aromatic carbocycles. The molecule has 2 saturated carbocycles. The number of rotatable bonds is 5. The van der Waals surface area contributed by atoms with Crippen LogP contribution in [0.4, 0.5) is 0 Å². The van der Waals surface area contributed by atoms with Gasteiger partial charge in [0.05, 0.1) is 0 Å². The van der Waals surface area contributed by atoms with Crippen molar-refractivity contribution in [1.29, 1.82) is 0 Å².